The molecule has 4 nitrogen and oxygen atoms in total. The van der Waals surface area contributed by atoms with Gasteiger partial charge in [0.15, 0.2) is 0 Å². The van der Waals surface area contributed by atoms with Gasteiger partial charge < -0.3 is 5.11 Å². The van der Waals surface area contributed by atoms with E-state index in [4.69, 9.17) is 5.11 Å². The molecule has 20 heavy (non-hydrogen) atoms. The Labute approximate surface area is 109 Å². The van der Waals surface area contributed by atoms with Crippen molar-refractivity contribution in [3.8, 4) is 0 Å². The van der Waals surface area contributed by atoms with Crippen LogP contribution in [0.25, 0.3) is 0 Å². The molecule has 2 rings (SSSR count). The van der Waals surface area contributed by atoms with E-state index in [0.717, 1.165) is 6.07 Å². The van der Waals surface area contributed by atoms with Crippen molar-refractivity contribution < 1.29 is 31.9 Å². The van der Waals surface area contributed by atoms with E-state index in [2.05, 4.69) is 4.98 Å². The quantitative estimate of drug-likeness (QED) is 0.810. The summed E-state index contributed by atoms with van der Waals surface area (Å²) < 4.78 is 63.6. The molecule has 1 aromatic rings. The maximum atomic E-state index is 13.2. The van der Waals surface area contributed by atoms with Crippen LogP contribution in [0.15, 0.2) is 18.3 Å². The molecule has 1 N–H and O–H groups in total. The number of nitrogens with zero attached hydrogens (tertiary/aromatic N) is 2. The van der Waals surface area contributed by atoms with Gasteiger partial charge in [0.05, 0.1) is 23.8 Å². The monoisotopic (exact) mass is 296 g/mol. The van der Waals surface area contributed by atoms with E-state index in [1.165, 1.54) is 0 Å². The van der Waals surface area contributed by atoms with Crippen molar-refractivity contribution in [2.24, 2.45) is 0 Å². The highest BCUT2D eigenvalue weighted by Gasteiger charge is 2.48. The molecule has 1 aliphatic heterocycles. The molecule has 1 aliphatic rings. The SMILES string of the molecule is O=C(O)N1CC(F)(F)C[C@H]1c1ccc(C(F)(F)F)cn1. The van der Waals surface area contributed by atoms with Gasteiger partial charge in [0, 0.05) is 12.6 Å². The second kappa shape index (κ2) is 4.57. The molecule has 1 fully saturated rings. The second-order valence-electron chi connectivity index (χ2n) is 4.46. The highest BCUT2D eigenvalue weighted by molar-refractivity contribution is 5.66. The summed E-state index contributed by atoms with van der Waals surface area (Å²) in [6, 6.07) is 0.369. The van der Waals surface area contributed by atoms with Gasteiger partial charge in [-0.15, -0.1) is 0 Å². The highest BCUT2D eigenvalue weighted by atomic mass is 19.4. The van der Waals surface area contributed by atoms with Crippen LogP contribution in [-0.4, -0.2) is 33.6 Å². The molecule has 0 spiro atoms. The summed E-state index contributed by atoms with van der Waals surface area (Å²) in [7, 11) is 0. The minimum atomic E-state index is -4.59. The first-order chi connectivity index (χ1) is 9.10. The van der Waals surface area contributed by atoms with Crippen molar-refractivity contribution >= 4 is 6.09 Å². The van der Waals surface area contributed by atoms with Gasteiger partial charge in [0.2, 0.25) is 0 Å². The predicted molar refractivity (Wildman–Crippen MR) is 56.3 cm³/mol. The zero-order valence-electron chi connectivity index (χ0n) is 9.86. The van der Waals surface area contributed by atoms with Gasteiger partial charge in [0.1, 0.15) is 0 Å². The highest BCUT2D eigenvalue weighted by Crippen LogP contribution is 2.40. The zero-order valence-corrected chi connectivity index (χ0v) is 9.86. The summed E-state index contributed by atoms with van der Waals surface area (Å²) in [6.07, 6.45) is -6.44. The van der Waals surface area contributed by atoms with Crippen LogP contribution in [0.3, 0.4) is 0 Å². The summed E-state index contributed by atoms with van der Waals surface area (Å²) in [6.45, 7) is -0.990. The summed E-state index contributed by atoms with van der Waals surface area (Å²) in [5.41, 5.74) is -1.15. The predicted octanol–water partition coefficient (Wildman–Crippen LogP) is 3.16. The molecule has 1 atom stereocenters. The Kier molecular flexibility index (Phi) is 3.31. The van der Waals surface area contributed by atoms with Gasteiger partial charge >= 0.3 is 12.3 Å². The number of rotatable bonds is 1. The third-order valence-electron chi connectivity index (χ3n) is 2.97. The lowest BCUT2D eigenvalue weighted by Gasteiger charge is -2.20. The van der Waals surface area contributed by atoms with Crippen molar-refractivity contribution in [3.05, 3.63) is 29.6 Å². The first-order valence-corrected chi connectivity index (χ1v) is 5.51. The minimum absolute atomic E-state index is 0.127. The van der Waals surface area contributed by atoms with E-state index in [1.807, 2.05) is 0 Å². The van der Waals surface area contributed by atoms with Gasteiger partial charge in [-0.3, -0.25) is 9.88 Å². The second-order valence-corrected chi connectivity index (χ2v) is 4.46. The fraction of sp³-hybridized carbons (Fsp3) is 0.455. The molecular weight excluding hydrogens is 287 g/mol. The van der Waals surface area contributed by atoms with Crippen molar-refractivity contribution in [1.29, 1.82) is 0 Å². The number of hydrogen-bond donors (Lipinski definition) is 1. The minimum Gasteiger partial charge on any atom is -0.465 e. The molecule has 1 aromatic heterocycles. The Morgan fingerprint density at radius 3 is 2.50 bits per heavy atom. The lowest BCUT2D eigenvalue weighted by atomic mass is 10.1. The molecule has 0 bridgehead atoms. The van der Waals surface area contributed by atoms with Crippen molar-refractivity contribution in [2.75, 3.05) is 6.54 Å². The molecule has 110 valence electrons. The van der Waals surface area contributed by atoms with Gasteiger partial charge in [-0.05, 0) is 12.1 Å². The van der Waals surface area contributed by atoms with Crippen LogP contribution in [0, 0.1) is 0 Å². The van der Waals surface area contributed by atoms with Gasteiger partial charge in [-0.2, -0.15) is 13.2 Å². The Morgan fingerprint density at radius 2 is 2.05 bits per heavy atom. The van der Waals surface area contributed by atoms with E-state index >= 15 is 0 Å². The summed E-state index contributed by atoms with van der Waals surface area (Å²) >= 11 is 0. The summed E-state index contributed by atoms with van der Waals surface area (Å²) in [4.78, 5) is 14.8. The van der Waals surface area contributed by atoms with Crippen LogP contribution < -0.4 is 0 Å². The number of amides is 1. The molecule has 0 radical (unpaired) electrons. The van der Waals surface area contributed by atoms with Crippen molar-refractivity contribution in [1.82, 2.24) is 9.88 Å². The average Bonchev–Trinajstić information content (AvgIpc) is 2.65. The van der Waals surface area contributed by atoms with Crippen LogP contribution in [0.1, 0.15) is 23.7 Å². The van der Waals surface area contributed by atoms with E-state index in [1.54, 1.807) is 0 Å². The van der Waals surface area contributed by atoms with E-state index in [0.29, 0.717) is 17.2 Å². The van der Waals surface area contributed by atoms with Crippen LogP contribution in [-0.2, 0) is 6.18 Å². The number of carboxylic acid groups (broad SMARTS) is 1. The molecule has 0 unspecified atom stereocenters. The fourth-order valence-electron chi connectivity index (χ4n) is 2.05. The molecule has 0 aromatic carbocycles. The number of hydrogen-bond acceptors (Lipinski definition) is 2. The van der Waals surface area contributed by atoms with E-state index in [-0.39, 0.29) is 5.69 Å². The lowest BCUT2D eigenvalue weighted by Crippen LogP contribution is -2.31. The van der Waals surface area contributed by atoms with E-state index < -0.39 is 42.8 Å². The molecule has 2 heterocycles. The number of likely N-dealkylation sites (tertiary alicyclic amines) is 1. The number of halogens is 5. The first-order valence-electron chi connectivity index (χ1n) is 5.51. The van der Waals surface area contributed by atoms with Crippen LogP contribution in [0.5, 0.6) is 0 Å². The summed E-state index contributed by atoms with van der Waals surface area (Å²) in [5.74, 6) is -3.21. The van der Waals surface area contributed by atoms with Gasteiger partial charge in [-0.1, -0.05) is 0 Å². The maximum absolute atomic E-state index is 13.2. The Morgan fingerprint density at radius 1 is 1.40 bits per heavy atom. The van der Waals surface area contributed by atoms with Crippen molar-refractivity contribution in [3.63, 3.8) is 0 Å². The number of aromatic nitrogens is 1. The maximum Gasteiger partial charge on any atom is 0.417 e. The Balaban J connectivity index is 2.28. The molecule has 0 aliphatic carbocycles. The third kappa shape index (κ3) is 2.81. The van der Waals surface area contributed by atoms with Gasteiger partial charge in [0.25, 0.3) is 5.92 Å². The molecule has 0 saturated carbocycles. The first kappa shape index (κ1) is 14.5. The largest absolute Gasteiger partial charge is 0.465 e. The van der Waals surface area contributed by atoms with Crippen molar-refractivity contribution in [2.45, 2.75) is 24.6 Å². The van der Waals surface area contributed by atoms with E-state index in [9.17, 15) is 26.7 Å². The third-order valence-corrected chi connectivity index (χ3v) is 2.97. The normalized spacial score (nSPS) is 22.1. The average molecular weight is 296 g/mol. The van der Waals surface area contributed by atoms with Crippen LogP contribution in [0.4, 0.5) is 26.7 Å². The van der Waals surface area contributed by atoms with Crippen LogP contribution in [0.2, 0.25) is 0 Å². The number of carbonyl (C=O) groups is 1. The molecule has 1 saturated heterocycles. The van der Waals surface area contributed by atoms with Crippen LogP contribution >= 0.6 is 0 Å². The van der Waals surface area contributed by atoms with Gasteiger partial charge in [-0.25, -0.2) is 13.6 Å². The number of pyridine rings is 1. The topological polar surface area (TPSA) is 53.4 Å². The standard InChI is InChI=1S/C11H9F5N2O2/c12-10(13)3-8(18(5-10)9(19)20)7-2-1-6(4-17-7)11(14,15)16/h1-2,4,8H,3,5H2,(H,19,20)/t8-/m0/s1. The molecular formula is C11H9F5N2O2. The molecule has 9 heteroatoms. The lowest BCUT2D eigenvalue weighted by molar-refractivity contribution is -0.137. The Bertz CT molecular complexity index is 515. The summed E-state index contributed by atoms with van der Waals surface area (Å²) in [5, 5.41) is 8.85. The smallest absolute Gasteiger partial charge is 0.417 e. The fourth-order valence-corrected chi connectivity index (χ4v) is 2.05. The number of alkyl halides is 5. The molecule has 1 amide bonds. The Hall–Kier alpha value is -1.93. The zero-order chi connectivity index (χ0) is 15.1.